The lowest BCUT2D eigenvalue weighted by Crippen LogP contribution is -2.27. The van der Waals surface area contributed by atoms with Gasteiger partial charge in [0.2, 0.25) is 0 Å². The van der Waals surface area contributed by atoms with Gasteiger partial charge in [-0.3, -0.25) is 4.79 Å². The van der Waals surface area contributed by atoms with Crippen LogP contribution in [0, 0.1) is 12.8 Å². The summed E-state index contributed by atoms with van der Waals surface area (Å²) in [5.41, 5.74) is 0.791. The second kappa shape index (κ2) is 8.31. The summed E-state index contributed by atoms with van der Waals surface area (Å²) in [6.07, 6.45) is 0.899. The van der Waals surface area contributed by atoms with Crippen LogP contribution < -0.4 is 10.1 Å². The fourth-order valence-corrected chi connectivity index (χ4v) is 3.44. The van der Waals surface area contributed by atoms with Crippen LogP contribution in [0.1, 0.15) is 34.2 Å². The monoisotopic (exact) mass is 352 g/mol. The highest BCUT2D eigenvalue weighted by Gasteiger charge is 2.15. The fourth-order valence-electron chi connectivity index (χ4n) is 2.07. The van der Waals surface area contributed by atoms with Crippen molar-refractivity contribution in [2.24, 2.45) is 5.92 Å². The minimum Gasteiger partial charge on any atom is -0.492 e. The van der Waals surface area contributed by atoms with Crippen molar-refractivity contribution in [2.75, 3.05) is 13.2 Å². The number of hydrogen-bond acceptors (Lipinski definition) is 4. The van der Waals surface area contributed by atoms with E-state index in [1.807, 2.05) is 19.1 Å². The van der Waals surface area contributed by atoms with Crippen LogP contribution in [0.5, 0.6) is 5.75 Å². The van der Waals surface area contributed by atoms with E-state index in [0.29, 0.717) is 34.7 Å². The highest BCUT2D eigenvalue weighted by Crippen LogP contribution is 2.20. The lowest BCUT2D eigenvalue weighted by molar-refractivity contribution is 0.0950. The van der Waals surface area contributed by atoms with E-state index in [9.17, 15) is 4.79 Å². The van der Waals surface area contributed by atoms with Gasteiger partial charge in [0.15, 0.2) is 0 Å². The van der Waals surface area contributed by atoms with E-state index in [1.165, 1.54) is 11.3 Å². The number of carbonyl (C=O) groups excluding carboxylic acids is 1. The number of aryl methyl sites for hydroxylation is 1. The summed E-state index contributed by atoms with van der Waals surface area (Å²) < 4.78 is 5.55. The predicted molar refractivity (Wildman–Crippen MR) is 94.7 cm³/mol. The SMILES string of the molecule is Cc1nc(CC(C)C)sc1C(=O)NCCOc1cccc(Cl)c1. The fraction of sp³-hybridized carbons (Fsp3) is 0.412. The molecule has 1 N–H and O–H groups in total. The first-order valence-electron chi connectivity index (χ1n) is 7.58. The van der Waals surface area contributed by atoms with Gasteiger partial charge in [-0.2, -0.15) is 0 Å². The third-order valence-electron chi connectivity index (χ3n) is 3.08. The number of thiazole rings is 1. The Hall–Kier alpha value is -1.59. The van der Waals surface area contributed by atoms with Gasteiger partial charge in [0.1, 0.15) is 17.2 Å². The summed E-state index contributed by atoms with van der Waals surface area (Å²) in [6.45, 7) is 6.98. The van der Waals surface area contributed by atoms with Crippen LogP contribution >= 0.6 is 22.9 Å². The molecule has 2 aromatic rings. The topological polar surface area (TPSA) is 51.2 Å². The largest absolute Gasteiger partial charge is 0.492 e. The number of benzene rings is 1. The molecule has 1 aromatic heterocycles. The van der Waals surface area contributed by atoms with Gasteiger partial charge in [0.25, 0.3) is 5.91 Å². The molecule has 0 fully saturated rings. The smallest absolute Gasteiger partial charge is 0.263 e. The molecule has 0 bridgehead atoms. The van der Waals surface area contributed by atoms with Gasteiger partial charge in [-0.25, -0.2) is 4.98 Å². The van der Waals surface area contributed by atoms with Gasteiger partial charge in [0, 0.05) is 11.4 Å². The van der Waals surface area contributed by atoms with Gasteiger partial charge in [-0.15, -0.1) is 11.3 Å². The maximum atomic E-state index is 12.2. The van der Waals surface area contributed by atoms with Gasteiger partial charge < -0.3 is 10.1 Å². The summed E-state index contributed by atoms with van der Waals surface area (Å²) in [6, 6.07) is 7.19. The molecule has 2 rings (SSSR count). The summed E-state index contributed by atoms with van der Waals surface area (Å²) in [5.74, 6) is 1.13. The molecule has 0 radical (unpaired) electrons. The zero-order chi connectivity index (χ0) is 16.8. The van der Waals surface area contributed by atoms with Crippen molar-refractivity contribution in [1.29, 1.82) is 0 Å². The van der Waals surface area contributed by atoms with Crippen LogP contribution in [-0.4, -0.2) is 24.0 Å². The number of nitrogens with one attached hydrogen (secondary N) is 1. The van der Waals surface area contributed by atoms with Crippen molar-refractivity contribution in [3.05, 3.63) is 44.9 Å². The van der Waals surface area contributed by atoms with Crippen LogP contribution in [0.3, 0.4) is 0 Å². The molecule has 4 nitrogen and oxygen atoms in total. The Labute approximate surface area is 145 Å². The normalized spacial score (nSPS) is 10.8. The average molecular weight is 353 g/mol. The van der Waals surface area contributed by atoms with Gasteiger partial charge in [0.05, 0.1) is 17.2 Å². The van der Waals surface area contributed by atoms with E-state index in [2.05, 4.69) is 24.1 Å². The van der Waals surface area contributed by atoms with Crippen molar-refractivity contribution in [3.8, 4) is 5.75 Å². The minimum absolute atomic E-state index is 0.0929. The molecule has 23 heavy (non-hydrogen) atoms. The summed E-state index contributed by atoms with van der Waals surface area (Å²) in [7, 11) is 0. The summed E-state index contributed by atoms with van der Waals surface area (Å²) in [5, 5.41) is 4.51. The van der Waals surface area contributed by atoms with Crippen molar-refractivity contribution in [1.82, 2.24) is 10.3 Å². The highest BCUT2D eigenvalue weighted by molar-refractivity contribution is 7.13. The summed E-state index contributed by atoms with van der Waals surface area (Å²) in [4.78, 5) is 17.4. The highest BCUT2D eigenvalue weighted by atomic mass is 35.5. The quantitative estimate of drug-likeness (QED) is 0.763. The zero-order valence-corrected chi connectivity index (χ0v) is 15.1. The molecule has 0 aliphatic carbocycles. The van der Waals surface area contributed by atoms with Crippen molar-refractivity contribution >= 4 is 28.8 Å². The zero-order valence-electron chi connectivity index (χ0n) is 13.6. The van der Waals surface area contributed by atoms with Crippen LogP contribution in [0.15, 0.2) is 24.3 Å². The van der Waals surface area contributed by atoms with Gasteiger partial charge in [-0.1, -0.05) is 31.5 Å². The van der Waals surface area contributed by atoms with E-state index in [1.54, 1.807) is 12.1 Å². The molecule has 0 unspecified atom stereocenters. The van der Waals surface area contributed by atoms with Crippen LogP contribution in [-0.2, 0) is 6.42 Å². The number of nitrogens with zero attached hydrogens (tertiary/aromatic N) is 1. The molecule has 124 valence electrons. The lowest BCUT2D eigenvalue weighted by Gasteiger charge is -2.07. The maximum absolute atomic E-state index is 12.2. The summed E-state index contributed by atoms with van der Waals surface area (Å²) >= 11 is 7.36. The van der Waals surface area contributed by atoms with Crippen LogP contribution in [0.25, 0.3) is 0 Å². The maximum Gasteiger partial charge on any atom is 0.263 e. The molecular formula is C17H21ClN2O2S. The number of rotatable bonds is 7. The van der Waals surface area contributed by atoms with E-state index in [4.69, 9.17) is 16.3 Å². The Kier molecular flexibility index (Phi) is 6.42. The van der Waals surface area contributed by atoms with Gasteiger partial charge in [-0.05, 0) is 31.0 Å². The van der Waals surface area contributed by atoms with E-state index in [0.717, 1.165) is 17.1 Å². The third-order valence-corrected chi connectivity index (χ3v) is 4.50. The molecule has 0 aliphatic heterocycles. The molecule has 6 heteroatoms. The standard InChI is InChI=1S/C17H21ClN2O2S/c1-11(2)9-15-20-12(3)16(23-15)17(21)19-7-8-22-14-6-4-5-13(18)10-14/h4-6,10-11H,7-9H2,1-3H3,(H,19,21). The molecule has 1 heterocycles. The number of aromatic nitrogens is 1. The third kappa shape index (κ3) is 5.52. The molecular weight excluding hydrogens is 332 g/mol. The van der Waals surface area contributed by atoms with E-state index in [-0.39, 0.29) is 5.91 Å². The number of halogens is 1. The molecule has 0 aliphatic rings. The minimum atomic E-state index is -0.0929. The Balaban J connectivity index is 1.82. The second-order valence-corrected chi connectivity index (χ2v) is 7.20. The van der Waals surface area contributed by atoms with Crippen molar-refractivity contribution in [3.63, 3.8) is 0 Å². The average Bonchev–Trinajstić information content (AvgIpc) is 2.83. The molecule has 1 amide bonds. The van der Waals surface area contributed by atoms with Gasteiger partial charge >= 0.3 is 0 Å². The number of ether oxygens (including phenoxy) is 1. The molecule has 0 saturated heterocycles. The Morgan fingerprint density at radius 2 is 2.22 bits per heavy atom. The Morgan fingerprint density at radius 3 is 2.91 bits per heavy atom. The first-order valence-corrected chi connectivity index (χ1v) is 8.78. The predicted octanol–water partition coefficient (Wildman–Crippen LogP) is 4.11. The molecule has 1 aromatic carbocycles. The van der Waals surface area contributed by atoms with Crippen LogP contribution in [0.4, 0.5) is 0 Å². The Morgan fingerprint density at radius 1 is 1.43 bits per heavy atom. The van der Waals surface area contributed by atoms with Crippen LogP contribution in [0.2, 0.25) is 5.02 Å². The molecule has 0 spiro atoms. The molecule has 0 atom stereocenters. The Bertz CT molecular complexity index is 670. The van der Waals surface area contributed by atoms with E-state index >= 15 is 0 Å². The van der Waals surface area contributed by atoms with E-state index < -0.39 is 0 Å². The van der Waals surface area contributed by atoms with Crippen molar-refractivity contribution in [2.45, 2.75) is 27.2 Å². The first kappa shape index (κ1) is 17.8. The number of amides is 1. The second-order valence-electron chi connectivity index (χ2n) is 5.68. The first-order chi connectivity index (χ1) is 11.0. The molecule has 0 saturated carbocycles. The number of carbonyl (C=O) groups is 1. The van der Waals surface area contributed by atoms with Crippen molar-refractivity contribution < 1.29 is 9.53 Å². The number of hydrogen-bond donors (Lipinski definition) is 1. The lowest BCUT2D eigenvalue weighted by atomic mass is 10.1.